The smallest absolute Gasteiger partial charge is 0.323 e. The van der Waals surface area contributed by atoms with Crippen LogP contribution in [0.3, 0.4) is 0 Å². The van der Waals surface area contributed by atoms with E-state index in [1.165, 1.54) is 0 Å². The quantitative estimate of drug-likeness (QED) is 0.505. The minimum absolute atomic E-state index is 0.173. The Hall–Kier alpha value is -3.25. The van der Waals surface area contributed by atoms with Crippen molar-refractivity contribution in [2.24, 2.45) is 0 Å². The van der Waals surface area contributed by atoms with Crippen molar-refractivity contribution in [1.29, 1.82) is 0 Å². The zero-order chi connectivity index (χ0) is 17.6. The van der Waals surface area contributed by atoms with Crippen molar-refractivity contribution in [3.63, 3.8) is 0 Å². The van der Waals surface area contributed by atoms with E-state index in [0.29, 0.717) is 22.2 Å². The molecule has 1 heterocycles. The zero-order valence-electron chi connectivity index (χ0n) is 13.0. The van der Waals surface area contributed by atoms with Crippen molar-refractivity contribution >= 4 is 40.5 Å². The van der Waals surface area contributed by atoms with Gasteiger partial charge in [-0.1, -0.05) is 11.6 Å². The van der Waals surface area contributed by atoms with Crippen LogP contribution in [0.15, 0.2) is 66.9 Å². The molecule has 6 nitrogen and oxygen atoms in total. The first kappa shape index (κ1) is 16.6. The molecule has 0 aliphatic rings. The van der Waals surface area contributed by atoms with Crippen LogP contribution < -0.4 is 16.0 Å². The summed E-state index contributed by atoms with van der Waals surface area (Å²) in [4.78, 5) is 16.4. The summed E-state index contributed by atoms with van der Waals surface area (Å²) in [6.07, 6.45) is 1.62. The third-order valence-electron chi connectivity index (χ3n) is 3.29. The molecule has 0 spiro atoms. The lowest BCUT2D eigenvalue weighted by Gasteiger charge is -2.13. The number of anilines is 4. The second kappa shape index (κ2) is 7.55. The van der Waals surface area contributed by atoms with Crippen LogP contribution in [0.1, 0.15) is 0 Å². The number of aromatic hydroxyl groups is 1. The number of nitrogens with zero attached hydrogens (tertiary/aromatic N) is 1. The molecule has 0 aliphatic carbocycles. The number of halogens is 1. The summed E-state index contributed by atoms with van der Waals surface area (Å²) in [5.41, 5.74) is 1.87. The summed E-state index contributed by atoms with van der Waals surface area (Å²) in [7, 11) is 0. The lowest BCUT2D eigenvalue weighted by molar-refractivity contribution is 0.262. The first-order valence-corrected chi connectivity index (χ1v) is 7.82. The van der Waals surface area contributed by atoms with Crippen LogP contribution in [0.2, 0.25) is 5.02 Å². The number of urea groups is 1. The number of amides is 2. The number of rotatable bonds is 4. The molecule has 3 aromatic rings. The van der Waals surface area contributed by atoms with Crippen molar-refractivity contribution in [2.45, 2.75) is 0 Å². The van der Waals surface area contributed by atoms with Crippen molar-refractivity contribution in [2.75, 3.05) is 16.0 Å². The molecule has 4 N–H and O–H groups in total. The third kappa shape index (κ3) is 4.62. The number of nitrogens with one attached hydrogen (secondary N) is 3. The SMILES string of the molecule is O=C(Nc1ccc(Cl)cc1)Nc1cccnc1Nc1ccc(O)cc1. The maximum atomic E-state index is 12.2. The summed E-state index contributed by atoms with van der Waals surface area (Å²) in [5, 5.41) is 18.5. The maximum Gasteiger partial charge on any atom is 0.323 e. The molecule has 0 radical (unpaired) electrons. The predicted octanol–water partition coefficient (Wildman–Crippen LogP) is 4.83. The first-order valence-electron chi connectivity index (χ1n) is 7.45. The predicted molar refractivity (Wildman–Crippen MR) is 99.7 cm³/mol. The number of carbonyl (C=O) groups is 1. The molecular formula is C18H15ClN4O2. The second-order valence-electron chi connectivity index (χ2n) is 5.16. The Labute approximate surface area is 149 Å². The summed E-state index contributed by atoms with van der Waals surface area (Å²) in [6, 6.07) is 16.4. The van der Waals surface area contributed by atoms with Gasteiger partial charge in [0, 0.05) is 22.6 Å². The van der Waals surface area contributed by atoms with Crippen LogP contribution in [-0.4, -0.2) is 16.1 Å². The highest BCUT2D eigenvalue weighted by Crippen LogP contribution is 2.24. The van der Waals surface area contributed by atoms with Gasteiger partial charge in [-0.2, -0.15) is 0 Å². The monoisotopic (exact) mass is 354 g/mol. The van der Waals surface area contributed by atoms with Crippen LogP contribution in [0.5, 0.6) is 5.75 Å². The van der Waals surface area contributed by atoms with E-state index in [2.05, 4.69) is 20.9 Å². The zero-order valence-corrected chi connectivity index (χ0v) is 13.8. The Morgan fingerprint density at radius 3 is 2.32 bits per heavy atom. The normalized spacial score (nSPS) is 10.1. The van der Waals surface area contributed by atoms with Crippen LogP contribution in [0.4, 0.5) is 27.7 Å². The summed E-state index contributed by atoms with van der Waals surface area (Å²) in [6.45, 7) is 0. The van der Waals surface area contributed by atoms with Gasteiger partial charge in [-0.3, -0.25) is 0 Å². The van der Waals surface area contributed by atoms with Gasteiger partial charge >= 0.3 is 6.03 Å². The van der Waals surface area contributed by atoms with Gasteiger partial charge < -0.3 is 21.1 Å². The molecule has 126 valence electrons. The average molecular weight is 355 g/mol. The van der Waals surface area contributed by atoms with Crippen LogP contribution >= 0.6 is 11.6 Å². The minimum Gasteiger partial charge on any atom is -0.508 e. The standard InChI is InChI=1S/C18H15ClN4O2/c19-12-3-5-14(6-4-12)22-18(25)23-16-2-1-11-20-17(16)21-13-7-9-15(24)10-8-13/h1-11,24H,(H,20,21)(H2,22,23,25). The Bertz CT molecular complexity index is 867. The van der Waals surface area contributed by atoms with Crippen LogP contribution in [-0.2, 0) is 0 Å². The Morgan fingerprint density at radius 2 is 1.60 bits per heavy atom. The number of carbonyl (C=O) groups excluding carboxylic acids is 1. The van der Waals surface area contributed by atoms with Gasteiger partial charge in [-0.15, -0.1) is 0 Å². The molecule has 0 saturated heterocycles. The van der Waals surface area contributed by atoms with Gasteiger partial charge in [0.05, 0.1) is 5.69 Å². The Morgan fingerprint density at radius 1 is 0.920 bits per heavy atom. The first-order chi connectivity index (χ1) is 12.1. The van der Waals surface area contributed by atoms with Crippen LogP contribution in [0, 0.1) is 0 Å². The Balaban J connectivity index is 1.70. The molecule has 0 unspecified atom stereocenters. The molecule has 1 aromatic heterocycles. The van der Waals surface area contributed by atoms with Gasteiger partial charge in [0.15, 0.2) is 5.82 Å². The van der Waals surface area contributed by atoms with E-state index < -0.39 is 6.03 Å². The number of aromatic nitrogens is 1. The fourth-order valence-corrected chi connectivity index (χ4v) is 2.23. The molecule has 2 amide bonds. The molecule has 25 heavy (non-hydrogen) atoms. The third-order valence-corrected chi connectivity index (χ3v) is 3.54. The van der Waals surface area contributed by atoms with Crippen molar-refractivity contribution in [1.82, 2.24) is 4.98 Å². The van der Waals surface area contributed by atoms with E-state index in [9.17, 15) is 9.90 Å². The molecule has 2 aromatic carbocycles. The molecule has 0 saturated carbocycles. The molecule has 7 heteroatoms. The van der Waals surface area contributed by atoms with Crippen molar-refractivity contribution in [3.8, 4) is 5.75 Å². The molecule has 0 bridgehead atoms. The maximum absolute atomic E-state index is 12.2. The lowest BCUT2D eigenvalue weighted by Crippen LogP contribution is -2.20. The van der Waals surface area contributed by atoms with E-state index >= 15 is 0 Å². The molecule has 0 fully saturated rings. The van der Waals surface area contributed by atoms with E-state index in [1.54, 1.807) is 66.9 Å². The topological polar surface area (TPSA) is 86.3 Å². The Kier molecular flexibility index (Phi) is 5.01. The fourth-order valence-electron chi connectivity index (χ4n) is 2.11. The highest BCUT2D eigenvalue weighted by atomic mass is 35.5. The summed E-state index contributed by atoms with van der Waals surface area (Å²) < 4.78 is 0. The largest absolute Gasteiger partial charge is 0.508 e. The number of phenolic OH excluding ortho intramolecular Hbond substituents is 1. The van der Waals surface area contributed by atoms with Crippen LogP contribution in [0.25, 0.3) is 0 Å². The number of pyridine rings is 1. The van der Waals surface area contributed by atoms with Gasteiger partial charge in [0.25, 0.3) is 0 Å². The van der Waals surface area contributed by atoms with E-state index in [-0.39, 0.29) is 5.75 Å². The number of phenols is 1. The van der Waals surface area contributed by atoms with E-state index in [4.69, 9.17) is 11.6 Å². The summed E-state index contributed by atoms with van der Waals surface area (Å²) >= 11 is 5.83. The van der Waals surface area contributed by atoms with Gasteiger partial charge in [-0.05, 0) is 60.7 Å². The van der Waals surface area contributed by atoms with Gasteiger partial charge in [0.1, 0.15) is 5.75 Å². The van der Waals surface area contributed by atoms with Crippen molar-refractivity contribution < 1.29 is 9.90 Å². The van der Waals surface area contributed by atoms with E-state index in [0.717, 1.165) is 5.69 Å². The lowest BCUT2D eigenvalue weighted by atomic mass is 10.3. The molecule has 3 rings (SSSR count). The number of hydrogen-bond donors (Lipinski definition) is 4. The van der Waals surface area contributed by atoms with E-state index in [1.807, 2.05) is 0 Å². The minimum atomic E-state index is -0.399. The fraction of sp³-hybridized carbons (Fsp3) is 0. The van der Waals surface area contributed by atoms with Gasteiger partial charge in [-0.25, -0.2) is 9.78 Å². The number of benzene rings is 2. The highest BCUT2D eigenvalue weighted by Gasteiger charge is 2.08. The van der Waals surface area contributed by atoms with Gasteiger partial charge in [0.2, 0.25) is 0 Å². The molecular weight excluding hydrogens is 340 g/mol. The molecule has 0 aliphatic heterocycles. The average Bonchev–Trinajstić information content (AvgIpc) is 2.61. The number of hydrogen-bond acceptors (Lipinski definition) is 4. The van der Waals surface area contributed by atoms with Crippen molar-refractivity contribution in [3.05, 3.63) is 71.9 Å². The highest BCUT2D eigenvalue weighted by molar-refractivity contribution is 6.30. The molecule has 0 atom stereocenters. The summed E-state index contributed by atoms with van der Waals surface area (Å²) in [5.74, 6) is 0.659. The second-order valence-corrected chi connectivity index (χ2v) is 5.59.